The standard InChI is InChI=1S/C14H11F3O3S2/c1-21(20-22(18,19)14(15,16)17)12-8-4-2-6-10(12)11-7-3-5-9-13(11)21/h2-9H,1H3. The normalized spacial score (nSPS) is 17.6. The van der Waals surface area contributed by atoms with E-state index in [9.17, 15) is 21.6 Å². The fourth-order valence-electron chi connectivity index (χ4n) is 2.47. The van der Waals surface area contributed by atoms with Crippen molar-refractivity contribution in [1.29, 1.82) is 0 Å². The molecule has 0 atom stereocenters. The van der Waals surface area contributed by atoms with Crippen molar-refractivity contribution in [2.24, 2.45) is 0 Å². The molecule has 0 unspecified atom stereocenters. The van der Waals surface area contributed by atoms with E-state index in [4.69, 9.17) is 3.63 Å². The molecule has 8 heteroatoms. The van der Waals surface area contributed by atoms with Crippen LogP contribution in [0.5, 0.6) is 0 Å². The summed E-state index contributed by atoms with van der Waals surface area (Å²) in [5, 5.41) is 0. The first-order valence-corrected chi connectivity index (χ1v) is 9.53. The first-order valence-electron chi connectivity index (χ1n) is 6.16. The van der Waals surface area contributed by atoms with Crippen LogP contribution in [0.15, 0.2) is 58.3 Å². The van der Waals surface area contributed by atoms with Crippen molar-refractivity contribution in [2.75, 3.05) is 6.26 Å². The second-order valence-corrected chi connectivity index (χ2v) is 9.29. The Morgan fingerprint density at radius 3 is 1.73 bits per heavy atom. The third kappa shape index (κ3) is 2.13. The lowest BCUT2D eigenvalue weighted by Gasteiger charge is -2.32. The van der Waals surface area contributed by atoms with Crippen molar-refractivity contribution in [3.05, 3.63) is 48.5 Å². The SMILES string of the molecule is CS1(OS(=O)(=O)C(F)(F)F)c2ccccc2-c2ccccc21. The Morgan fingerprint density at radius 2 is 1.32 bits per heavy atom. The number of hydrogen-bond donors (Lipinski definition) is 0. The molecule has 0 saturated heterocycles. The molecule has 0 saturated carbocycles. The molecule has 118 valence electrons. The van der Waals surface area contributed by atoms with Crippen molar-refractivity contribution < 1.29 is 25.2 Å². The summed E-state index contributed by atoms with van der Waals surface area (Å²) in [6.07, 6.45) is 1.42. The zero-order valence-electron chi connectivity index (χ0n) is 11.3. The first-order chi connectivity index (χ1) is 10.2. The van der Waals surface area contributed by atoms with E-state index in [1.165, 1.54) is 6.26 Å². The molecule has 0 amide bonds. The summed E-state index contributed by atoms with van der Waals surface area (Å²) in [6, 6.07) is 13.5. The van der Waals surface area contributed by atoms with Gasteiger partial charge in [0.2, 0.25) is 0 Å². The minimum atomic E-state index is -5.69. The third-order valence-electron chi connectivity index (χ3n) is 3.41. The fourth-order valence-corrected chi connectivity index (χ4v) is 6.90. The molecule has 2 aromatic carbocycles. The van der Waals surface area contributed by atoms with Crippen LogP contribution in [0.1, 0.15) is 0 Å². The predicted octanol–water partition coefficient (Wildman–Crippen LogP) is 4.30. The molecule has 3 nitrogen and oxygen atoms in total. The third-order valence-corrected chi connectivity index (χ3v) is 8.18. The highest BCUT2D eigenvalue weighted by Gasteiger charge is 2.52. The highest BCUT2D eigenvalue weighted by atomic mass is 32.3. The molecule has 0 N–H and O–H groups in total. The first kappa shape index (κ1) is 15.4. The molecule has 0 bridgehead atoms. The maximum absolute atomic E-state index is 12.7. The lowest BCUT2D eigenvalue weighted by molar-refractivity contribution is -0.0496. The van der Waals surface area contributed by atoms with Crippen molar-refractivity contribution in [2.45, 2.75) is 15.3 Å². The topological polar surface area (TPSA) is 43.4 Å². The number of alkyl halides is 3. The molecule has 0 radical (unpaired) electrons. The zero-order chi connectivity index (χ0) is 16.2. The predicted molar refractivity (Wildman–Crippen MR) is 78.0 cm³/mol. The highest BCUT2D eigenvalue weighted by Crippen LogP contribution is 2.71. The Hall–Kier alpha value is -1.51. The molecule has 0 aliphatic carbocycles. The summed E-state index contributed by atoms with van der Waals surface area (Å²) < 4.78 is 65.9. The van der Waals surface area contributed by atoms with Gasteiger partial charge in [-0.05, 0) is 29.5 Å². The highest BCUT2D eigenvalue weighted by molar-refractivity contribution is 8.33. The summed E-state index contributed by atoms with van der Waals surface area (Å²) in [6.45, 7) is 0. The molecular formula is C14H11F3O3S2. The molecule has 1 aliphatic rings. The van der Waals surface area contributed by atoms with Gasteiger partial charge in [0.25, 0.3) is 0 Å². The van der Waals surface area contributed by atoms with E-state index in [-0.39, 0.29) is 0 Å². The van der Waals surface area contributed by atoms with Gasteiger partial charge < -0.3 is 0 Å². The monoisotopic (exact) mass is 348 g/mol. The van der Waals surface area contributed by atoms with Crippen LogP contribution in [0, 0.1) is 0 Å². The van der Waals surface area contributed by atoms with Crippen molar-refractivity contribution in [3.63, 3.8) is 0 Å². The largest absolute Gasteiger partial charge is 0.523 e. The maximum atomic E-state index is 12.7. The molecule has 2 aromatic rings. The Labute approximate surface area is 127 Å². The van der Waals surface area contributed by atoms with Gasteiger partial charge in [-0.15, -0.1) is 0 Å². The number of hydrogen-bond acceptors (Lipinski definition) is 3. The summed E-state index contributed by atoms with van der Waals surface area (Å²) in [5.74, 6) is 0. The number of fused-ring (bicyclic) bond motifs is 3. The van der Waals surface area contributed by atoms with Crippen LogP contribution in [0.25, 0.3) is 11.1 Å². The molecule has 0 fully saturated rings. The minimum absolute atomic E-state index is 0.476. The molecule has 0 aromatic heterocycles. The lowest BCUT2D eigenvalue weighted by atomic mass is 10.1. The van der Waals surface area contributed by atoms with E-state index in [2.05, 4.69) is 0 Å². The zero-order valence-corrected chi connectivity index (χ0v) is 12.9. The van der Waals surface area contributed by atoms with Gasteiger partial charge in [-0.2, -0.15) is 21.6 Å². The van der Waals surface area contributed by atoms with Crippen LogP contribution in [0.4, 0.5) is 13.2 Å². The van der Waals surface area contributed by atoms with Gasteiger partial charge >= 0.3 is 15.6 Å². The van der Waals surface area contributed by atoms with E-state index in [1.807, 2.05) is 0 Å². The maximum Gasteiger partial charge on any atom is 0.523 e. The van der Waals surface area contributed by atoms with Crippen LogP contribution >= 0.6 is 10.3 Å². The molecular weight excluding hydrogens is 337 g/mol. The quantitative estimate of drug-likeness (QED) is 0.760. The van der Waals surface area contributed by atoms with Gasteiger partial charge in [0.1, 0.15) is 0 Å². The van der Waals surface area contributed by atoms with Crippen LogP contribution in [-0.2, 0) is 13.7 Å². The van der Waals surface area contributed by atoms with Crippen LogP contribution in [-0.4, -0.2) is 20.2 Å². The van der Waals surface area contributed by atoms with Crippen LogP contribution in [0.3, 0.4) is 0 Å². The second kappa shape index (κ2) is 4.74. The van der Waals surface area contributed by atoms with Gasteiger partial charge in [0.05, 0.1) is 0 Å². The van der Waals surface area contributed by atoms with Gasteiger partial charge in [-0.3, -0.25) is 0 Å². The van der Waals surface area contributed by atoms with E-state index < -0.39 is 25.9 Å². The number of halogens is 3. The second-order valence-electron chi connectivity index (χ2n) is 4.80. The van der Waals surface area contributed by atoms with Gasteiger partial charge in [-0.1, -0.05) is 46.7 Å². The Bertz CT molecular complexity index is 799. The summed E-state index contributed by atoms with van der Waals surface area (Å²) in [5.41, 5.74) is -4.05. The summed E-state index contributed by atoms with van der Waals surface area (Å²) >= 11 is 0. The van der Waals surface area contributed by atoms with Gasteiger partial charge in [-0.25, -0.2) is 3.63 Å². The van der Waals surface area contributed by atoms with E-state index in [1.54, 1.807) is 48.5 Å². The molecule has 0 spiro atoms. The Kier molecular flexibility index (Phi) is 3.32. The van der Waals surface area contributed by atoms with Crippen molar-refractivity contribution in [3.8, 4) is 11.1 Å². The molecule has 1 aliphatic heterocycles. The Morgan fingerprint density at radius 1 is 0.909 bits per heavy atom. The average molecular weight is 348 g/mol. The van der Waals surface area contributed by atoms with Crippen LogP contribution < -0.4 is 0 Å². The number of rotatable bonds is 2. The summed E-state index contributed by atoms with van der Waals surface area (Å²) in [7, 11) is -8.46. The van der Waals surface area contributed by atoms with Crippen molar-refractivity contribution >= 4 is 20.4 Å². The van der Waals surface area contributed by atoms with E-state index >= 15 is 0 Å². The molecule has 3 rings (SSSR count). The molecule has 1 heterocycles. The number of benzene rings is 2. The van der Waals surface area contributed by atoms with E-state index in [0.29, 0.717) is 20.9 Å². The summed E-state index contributed by atoms with van der Waals surface area (Å²) in [4.78, 5) is 0.952. The average Bonchev–Trinajstić information content (AvgIpc) is 2.68. The Balaban J connectivity index is 2.22. The smallest absolute Gasteiger partial charge is 0.204 e. The fraction of sp³-hybridized carbons (Fsp3) is 0.143. The molecule has 22 heavy (non-hydrogen) atoms. The minimum Gasteiger partial charge on any atom is -0.204 e. The van der Waals surface area contributed by atoms with E-state index in [0.717, 1.165) is 0 Å². The van der Waals surface area contributed by atoms with Crippen molar-refractivity contribution in [1.82, 2.24) is 0 Å². The lowest BCUT2D eigenvalue weighted by Crippen LogP contribution is -2.26. The van der Waals surface area contributed by atoms with Gasteiger partial charge in [0, 0.05) is 9.79 Å². The van der Waals surface area contributed by atoms with Crippen LogP contribution in [0.2, 0.25) is 0 Å². The van der Waals surface area contributed by atoms with Gasteiger partial charge in [0.15, 0.2) is 0 Å².